The van der Waals surface area contributed by atoms with Gasteiger partial charge in [-0.15, -0.1) is 0 Å². The summed E-state index contributed by atoms with van der Waals surface area (Å²) in [5.74, 6) is 1.75. The predicted octanol–water partition coefficient (Wildman–Crippen LogP) is 2.77. The van der Waals surface area contributed by atoms with Gasteiger partial charge in [0.05, 0.1) is 16.2 Å². The van der Waals surface area contributed by atoms with E-state index in [-0.39, 0.29) is 5.69 Å². The van der Waals surface area contributed by atoms with Crippen LogP contribution in [-0.2, 0) is 0 Å². The summed E-state index contributed by atoms with van der Waals surface area (Å²) in [5, 5.41) is 20.5. The molecule has 5 rings (SSSR count). The predicted molar refractivity (Wildman–Crippen MR) is 138 cm³/mol. The molecule has 0 aliphatic carbocycles. The van der Waals surface area contributed by atoms with Gasteiger partial charge in [-0.2, -0.15) is 0 Å². The molecule has 1 aliphatic heterocycles. The minimum atomic E-state index is -0.474. The first-order valence-corrected chi connectivity index (χ1v) is 11.7. The maximum atomic E-state index is 10.8. The van der Waals surface area contributed by atoms with Crippen molar-refractivity contribution in [3.63, 3.8) is 0 Å². The van der Waals surface area contributed by atoms with Crippen molar-refractivity contribution in [2.24, 2.45) is 0 Å². The quantitative estimate of drug-likeness (QED) is 0.158. The van der Waals surface area contributed by atoms with Gasteiger partial charge in [0.1, 0.15) is 17.8 Å². The minimum Gasteiger partial charge on any atom is -0.369 e. The summed E-state index contributed by atoms with van der Waals surface area (Å²) in [6, 6.07) is 11.4. The fourth-order valence-electron chi connectivity index (χ4n) is 3.99. The molecule has 0 unspecified atom stereocenters. The lowest BCUT2D eigenvalue weighted by Gasteiger charge is -2.29. The lowest BCUT2D eigenvalue weighted by molar-refractivity contribution is -0.385. The number of nitrogens with zero attached hydrogens (tertiary/aromatic N) is 6. The highest BCUT2D eigenvalue weighted by molar-refractivity contribution is 5.78. The van der Waals surface area contributed by atoms with Gasteiger partial charge in [-0.3, -0.25) is 10.1 Å². The summed E-state index contributed by atoms with van der Waals surface area (Å²) in [4.78, 5) is 33.5. The maximum Gasteiger partial charge on any atom is 0.287 e. The van der Waals surface area contributed by atoms with Crippen molar-refractivity contribution in [3.05, 3.63) is 71.3 Å². The molecule has 0 atom stereocenters. The third-order valence-electron chi connectivity index (χ3n) is 5.84. The normalized spacial score (nSPS) is 13.4. The Morgan fingerprint density at radius 1 is 0.972 bits per heavy atom. The molecule has 4 N–H and O–H groups in total. The first kappa shape index (κ1) is 23.2. The van der Waals surface area contributed by atoms with Crippen LogP contribution in [0.5, 0.6) is 0 Å². The van der Waals surface area contributed by atoms with E-state index in [1.54, 1.807) is 24.7 Å². The SMILES string of the molecule is O=[N+]([O-])c1ccc(NCCNc2ncc(-c3ncc[nH]3)c(-c3ccc(N4CCNCC4)cc3)n2)nc1. The molecule has 12 heteroatoms. The molecule has 4 heterocycles. The molecule has 1 fully saturated rings. The highest BCUT2D eigenvalue weighted by atomic mass is 16.6. The number of H-pyrrole nitrogens is 1. The van der Waals surface area contributed by atoms with Crippen LogP contribution in [0.4, 0.5) is 23.1 Å². The van der Waals surface area contributed by atoms with Gasteiger partial charge in [-0.1, -0.05) is 12.1 Å². The second kappa shape index (κ2) is 10.8. The summed E-state index contributed by atoms with van der Waals surface area (Å²) in [6.45, 7) is 5.01. The van der Waals surface area contributed by atoms with Gasteiger partial charge in [0, 0.05) is 75.2 Å². The zero-order valence-electron chi connectivity index (χ0n) is 19.5. The summed E-state index contributed by atoms with van der Waals surface area (Å²) < 4.78 is 0. The lowest BCUT2D eigenvalue weighted by atomic mass is 10.1. The minimum absolute atomic E-state index is 0.0442. The van der Waals surface area contributed by atoms with Crippen LogP contribution in [0.1, 0.15) is 0 Å². The second-order valence-electron chi connectivity index (χ2n) is 8.19. The molecule has 12 nitrogen and oxygen atoms in total. The molecule has 0 saturated carbocycles. The van der Waals surface area contributed by atoms with E-state index in [9.17, 15) is 10.1 Å². The van der Waals surface area contributed by atoms with Crippen molar-refractivity contribution >= 4 is 23.1 Å². The van der Waals surface area contributed by atoms with E-state index in [1.165, 1.54) is 18.0 Å². The van der Waals surface area contributed by atoms with E-state index in [0.29, 0.717) is 30.7 Å². The highest BCUT2D eigenvalue weighted by Crippen LogP contribution is 2.30. The molecule has 0 bridgehead atoms. The summed E-state index contributed by atoms with van der Waals surface area (Å²) >= 11 is 0. The van der Waals surface area contributed by atoms with Crippen LogP contribution in [0.25, 0.3) is 22.6 Å². The number of aromatic amines is 1. The first-order valence-electron chi connectivity index (χ1n) is 11.7. The molecule has 184 valence electrons. The first-order chi connectivity index (χ1) is 17.7. The number of nitrogens with one attached hydrogen (secondary N) is 4. The number of piperazine rings is 1. The molecular formula is C24H26N10O2. The zero-order chi connectivity index (χ0) is 24.7. The molecule has 0 radical (unpaired) electrons. The number of hydrogen-bond acceptors (Lipinski definition) is 10. The number of aromatic nitrogens is 5. The molecule has 0 amide bonds. The van der Waals surface area contributed by atoms with E-state index in [0.717, 1.165) is 43.0 Å². The van der Waals surface area contributed by atoms with E-state index in [4.69, 9.17) is 4.98 Å². The topological polar surface area (TPSA) is 150 Å². The van der Waals surface area contributed by atoms with Crippen molar-refractivity contribution in [2.75, 3.05) is 54.8 Å². The van der Waals surface area contributed by atoms with Crippen LogP contribution in [-0.4, -0.2) is 69.1 Å². The molecule has 0 spiro atoms. The van der Waals surface area contributed by atoms with Gasteiger partial charge in [0.25, 0.3) is 5.69 Å². The fraction of sp³-hybridized carbons (Fsp3) is 0.250. The van der Waals surface area contributed by atoms with Gasteiger partial charge in [-0.25, -0.2) is 19.9 Å². The molecule has 1 aromatic carbocycles. The molecule has 36 heavy (non-hydrogen) atoms. The standard InChI is InChI=1S/C24H26N10O2/c35-34(36)19-5-6-21(30-15-19)26-7-10-29-24-31-16-20(23-27-8-9-28-23)22(32-24)17-1-3-18(4-2-17)33-13-11-25-12-14-33/h1-6,8-9,15-16,25H,7,10-14H2,(H,26,30)(H,27,28)(H,29,31,32). The van der Waals surface area contributed by atoms with Crippen LogP contribution in [0.2, 0.25) is 0 Å². The van der Waals surface area contributed by atoms with Crippen LogP contribution < -0.4 is 20.9 Å². The van der Waals surface area contributed by atoms with E-state index < -0.39 is 4.92 Å². The summed E-state index contributed by atoms with van der Waals surface area (Å²) in [7, 11) is 0. The van der Waals surface area contributed by atoms with Crippen molar-refractivity contribution in [1.29, 1.82) is 0 Å². The monoisotopic (exact) mass is 486 g/mol. The second-order valence-corrected chi connectivity index (χ2v) is 8.19. The van der Waals surface area contributed by atoms with Gasteiger partial charge in [0.15, 0.2) is 0 Å². The third-order valence-corrected chi connectivity index (χ3v) is 5.84. The van der Waals surface area contributed by atoms with E-state index >= 15 is 0 Å². The number of pyridine rings is 1. The number of benzene rings is 1. The van der Waals surface area contributed by atoms with Gasteiger partial charge < -0.3 is 25.8 Å². The Kier molecular flexibility index (Phi) is 6.94. The Bertz CT molecular complexity index is 1290. The summed E-state index contributed by atoms with van der Waals surface area (Å²) in [5.41, 5.74) is 3.71. The van der Waals surface area contributed by atoms with Crippen LogP contribution >= 0.6 is 0 Å². The zero-order valence-corrected chi connectivity index (χ0v) is 19.5. The van der Waals surface area contributed by atoms with Gasteiger partial charge >= 0.3 is 0 Å². The Morgan fingerprint density at radius 3 is 2.47 bits per heavy atom. The number of hydrogen-bond donors (Lipinski definition) is 4. The van der Waals surface area contributed by atoms with Crippen molar-refractivity contribution in [2.45, 2.75) is 0 Å². The van der Waals surface area contributed by atoms with Crippen LogP contribution in [0.15, 0.2) is 61.2 Å². The average molecular weight is 487 g/mol. The van der Waals surface area contributed by atoms with Gasteiger partial charge in [-0.05, 0) is 18.2 Å². The Balaban J connectivity index is 1.29. The van der Waals surface area contributed by atoms with Crippen molar-refractivity contribution in [3.8, 4) is 22.6 Å². The number of nitro groups is 1. The van der Waals surface area contributed by atoms with E-state index in [1.807, 2.05) is 0 Å². The van der Waals surface area contributed by atoms with Crippen LogP contribution in [0, 0.1) is 10.1 Å². The maximum absolute atomic E-state index is 10.8. The average Bonchev–Trinajstić information content (AvgIpc) is 3.47. The number of rotatable bonds is 9. The summed E-state index contributed by atoms with van der Waals surface area (Å²) in [6.07, 6.45) is 6.47. The van der Waals surface area contributed by atoms with Crippen LogP contribution in [0.3, 0.4) is 0 Å². The lowest BCUT2D eigenvalue weighted by Crippen LogP contribution is -2.43. The molecule has 4 aromatic rings. The highest BCUT2D eigenvalue weighted by Gasteiger charge is 2.15. The number of anilines is 3. The number of imidazole rings is 1. The molecule has 1 aliphatic rings. The van der Waals surface area contributed by atoms with E-state index in [2.05, 4.69) is 65.1 Å². The Labute approximate surface area is 207 Å². The molecular weight excluding hydrogens is 460 g/mol. The largest absolute Gasteiger partial charge is 0.369 e. The Morgan fingerprint density at radius 2 is 1.78 bits per heavy atom. The Hall–Kier alpha value is -4.58. The van der Waals surface area contributed by atoms with Gasteiger partial charge in [0.2, 0.25) is 5.95 Å². The smallest absolute Gasteiger partial charge is 0.287 e. The fourth-order valence-corrected chi connectivity index (χ4v) is 3.99. The van der Waals surface area contributed by atoms with Crippen molar-refractivity contribution in [1.82, 2.24) is 30.2 Å². The molecule has 1 saturated heterocycles. The third kappa shape index (κ3) is 5.39. The molecule has 3 aromatic heterocycles. The van der Waals surface area contributed by atoms with Crippen molar-refractivity contribution < 1.29 is 4.92 Å².